The zero-order valence-corrected chi connectivity index (χ0v) is 7.44. The number of hydrogen-bond donors (Lipinski definition) is 0. The average Bonchev–Trinajstić information content (AvgIpc) is 1.99. The van der Waals surface area contributed by atoms with Gasteiger partial charge in [-0.1, -0.05) is 0 Å². The van der Waals surface area contributed by atoms with Gasteiger partial charge in [0, 0.05) is 5.56 Å². The molecule has 0 heterocycles. The lowest BCUT2D eigenvalue weighted by atomic mass is 10.0. The number of ketones is 1. The van der Waals surface area contributed by atoms with Crippen LogP contribution in [0.5, 0.6) is 0 Å². The number of halogens is 1. The molecule has 0 N–H and O–H groups in total. The van der Waals surface area contributed by atoms with Gasteiger partial charge in [-0.25, -0.2) is 4.39 Å². The highest BCUT2D eigenvalue weighted by Crippen LogP contribution is 2.14. The Hall–Kier alpha value is -1.18. The van der Waals surface area contributed by atoms with Crippen LogP contribution in [0, 0.1) is 19.7 Å². The predicted molar refractivity (Wildman–Crippen MR) is 45.9 cm³/mol. The summed E-state index contributed by atoms with van der Waals surface area (Å²) < 4.78 is 13.0. The van der Waals surface area contributed by atoms with Gasteiger partial charge in [0.25, 0.3) is 0 Å². The lowest BCUT2D eigenvalue weighted by Crippen LogP contribution is -1.96. The van der Waals surface area contributed by atoms with Gasteiger partial charge in [-0.05, 0) is 44.0 Å². The first-order valence-electron chi connectivity index (χ1n) is 3.80. The van der Waals surface area contributed by atoms with Gasteiger partial charge in [0.15, 0.2) is 5.78 Å². The van der Waals surface area contributed by atoms with Gasteiger partial charge in [-0.2, -0.15) is 0 Å². The molecule has 0 radical (unpaired) electrons. The van der Waals surface area contributed by atoms with Crippen LogP contribution in [0.2, 0.25) is 0 Å². The van der Waals surface area contributed by atoms with Crippen LogP contribution in [0.15, 0.2) is 12.1 Å². The third-order valence-electron chi connectivity index (χ3n) is 2.01. The Kier molecular flexibility index (Phi) is 2.27. The molecule has 64 valence electrons. The van der Waals surface area contributed by atoms with E-state index in [0.29, 0.717) is 11.1 Å². The normalized spacial score (nSPS) is 10.0. The lowest BCUT2D eigenvalue weighted by Gasteiger charge is -2.03. The maximum atomic E-state index is 13.0. The fourth-order valence-electron chi connectivity index (χ4n) is 1.02. The van der Waals surface area contributed by atoms with Crippen molar-refractivity contribution >= 4 is 5.78 Å². The predicted octanol–water partition coefficient (Wildman–Crippen LogP) is 2.65. The van der Waals surface area contributed by atoms with E-state index < -0.39 is 0 Å². The molecule has 0 aliphatic heterocycles. The zero-order valence-electron chi connectivity index (χ0n) is 7.44. The number of benzene rings is 1. The van der Waals surface area contributed by atoms with Gasteiger partial charge in [0.05, 0.1) is 0 Å². The van der Waals surface area contributed by atoms with Crippen LogP contribution in [-0.4, -0.2) is 5.78 Å². The van der Waals surface area contributed by atoms with Crippen molar-refractivity contribution in [3.05, 3.63) is 34.6 Å². The highest BCUT2D eigenvalue weighted by molar-refractivity contribution is 5.94. The Balaban J connectivity index is 3.31. The minimum absolute atomic E-state index is 0.1000. The van der Waals surface area contributed by atoms with Crippen molar-refractivity contribution in [1.29, 1.82) is 0 Å². The van der Waals surface area contributed by atoms with E-state index in [2.05, 4.69) is 0 Å². The Morgan fingerprint density at radius 3 is 2.33 bits per heavy atom. The third-order valence-corrected chi connectivity index (χ3v) is 2.01. The first-order chi connectivity index (χ1) is 5.52. The molecule has 1 aromatic carbocycles. The summed E-state index contributed by atoms with van der Waals surface area (Å²) in [6, 6.07) is 2.99. The first-order valence-corrected chi connectivity index (χ1v) is 3.80. The fraction of sp³-hybridized carbons (Fsp3) is 0.300. The van der Waals surface area contributed by atoms with Crippen LogP contribution < -0.4 is 0 Å². The van der Waals surface area contributed by atoms with Crippen LogP contribution in [0.1, 0.15) is 28.4 Å². The largest absolute Gasteiger partial charge is 0.295 e. The molecule has 2 heteroatoms. The quantitative estimate of drug-likeness (QED) is 0.586. The summed E-state index contributed by atoms with van der Waals surface area (Å²) in [7, 11) is 0. The molecule has 0 saturated carbocycles. The van der Waals surface area contributed by atoms with Gasteiger partial charge in [0.2, 0.25) is 0 Å². The number of carbonyl (C=O) groups is 1. The lowest BCUT2D eigenvalue weighted by molar-refractivity contribution is 0.101. The minimum atomic E-state index is -0.305. The van der Waals surface area contributed by atoms with Gasteiger partial charge >= 0.3 is 0 Å². The van der Waals surface area contributed by atoms with Crippen molar-refractivity contribution in [2.75, 3.05) is 0 Å². The van der Waals surface area contributed by atoms with Crippen LogP contribution in [0.3, 0.4) is 0 Å². The van der Waals surface area contributed by atoms with Crippen molar-refractivity contribution in [2.24, 2.45) is 0 Å². The SMILES string of the molecule is CC(=O)c1cc(C)c(C)c(F)c1. The van der Waals surface area contributed by atoms with E-state index in [1.54, 1.807) is 19.9 Å². The molecule has 1 aromatic rings. The standard InChI is InChI=1S/C10H11FO/c1-6-4-9(8(3)12)5-10(11)7(6)2/h4-5H,1-3H3. The second-order valence-corrected chi connectivity index (χ2v) is 2.96. The molecule has 0 spiro atoms. The average molecular weight is 166 g/mol. The Morgan fingerprint density at radius 1 is 1.33 bits per heavy atom. The monoisotopic (exact) mass is 166 g/mol. The van der Waals surface area contributed by atoms with Crippen LogP contribution in [0.25, 0.3) is 0 Å². The first kappa shape index (κ1) is 8.91. The molecule has 0 fully saturated rings. The van der Waals surface area contributed by atoms with Gasteiger partial charge in [-0.3, -0.25) is 4.79 Å². The van der Waals surface area contributed by atoms with Crippen molar-refractivity contribution in [3.63, 3.8) is 0 Å². The molecule has 12 heavy (non-hydrogen) atoms. The molecule has 0 amide bonds. The molecule has 0 aliphatic carbocycles. The zero-order chi connectivity index (χ0) is 9.30. The van der Waals surface area contributed by atoms with Crippen LogP contribution in [0.4, 0.5) is 4.39 Å². The number of rotatable bonds is 1. The second-order valence-electron chi connectivity index (χ2n) is 2.96. The summed E-state index contributed by atoms with van der Waals surface area (Å²) in [5.74, 6) is -0.405. The third kappa shape index (κ3) is 1.52. The Morgan fingerprint density at radius 2 is 1.92 bits per heavy atom. The highest BCUT2D eigenvalue weighted by Gasteiger charge is 2.06. The molecule has 0 atom stereocenters. The number of carbonyl (C=O) groups excluding carboxylic acids is 1. The maximum Gasteiger partial charge on any atom is 0.159 e. The number of aryl methyl sites for hydroxylation is 1. The molecule has 0 saturated heterocycles. The molecule has 0 unspecified atom stereocenters. The summed E-state index contributed by atoms with van der Waals surface area (Å²) in [5, 5.41) is 0. The summed E-state index contributed by atoms with van der Waals surface area (Å²) in [4.78, 5) is 10.9. The van der Waals surface area contributed by atoms with Crippen molar-refractivity contribution in [3.8, 4) is 0 Å². The summed E-state index contributed by atoms with van der Waals surface area (Å²) in [6.45, 7) is 4.93. The summed E-state index contributed by atoms with van der Waals surface area (Å²) in [6.07, 6.45) is 0. The second kappa shape index (κ2) is 3.05. The molecule has 1 nitrogen and oxygen atoms in total. The summed E-state index contributed by atoms with van der Waals surface area (Å²) >= 11 is 0. The van der Waals surface area contributed by atoms with E-state index in [4.69, 9.17) is 0 Å². The smallest absolute Gasteiger partial charge is 0.159 e. The highest BCUT2D eigenvalue weighted by atomic mass is 19.1. The van der Waals surface area contributed by atoms with Crippen molar-refractivity contribution < 1.29 is 9.18 Å². The molecule has 0 bridgehead atoms. The van der Waals surface area contributed by atoms with Gasteiger partial charge < -0.3 is 0 Å². The van der Waals surface area contributed by atoms with E-state index in [1.807, 2.05) is 0 Å². The molecular formula is C10H11FO. The van der Waals surface area contributed by atoms with Crippen LogP contribution in [-0.2, 0) is 0 Å². The summed E-state index contributed by atoms with van der Waals surface area (Å²) in [5.41, 5.74) is 1.87. The maximum absolute atomic E-state index is 13.0. The van der Waals surface area contributed by atoms with E-state index in [-0.39, 0.29) is 11.6 Å². The Bertz CT molecular complexity index is 306. The molecule has 0 aromatic heterocycles. The van der Waals surface area contributed by atoms with Crippen LogP contribution >= 0.6 is 0 Å². The van der Waals surface area contributed by atoms with Gasteiger partial charge in [0.1, 0.15) is 5.82 Å². The molecular weight excluding hydrogens is 155 g/mol. The molecule has 1 rings (SSSR count). The number of Topliss-reactive ketones (excluding diaryl/α,β-unsaturated/α-hetero) is 1. The topological polar surface area (TPSA) is 17.1 Å². The van der Waals surface area contributed by atoms with E-state index in [1.165, 1.54) is 13.0 Å². The molecule has 0 aliphatic rings. The van der Waals surface area contributed by atoms with E-state index in [9.17, 15) is 9.18 Å². The fourth-order valence-corrected chi connectivity index (χ4v) is 1.02. The Labute approximate surface area is 71.2 Å². The van der Waals surface area contributed by atoms with E-state index >= 15 is 0 Å². The number of hydrogen-bond acceptors (Lipinski definition) is 1. The van der Waals surface area contributed by atoms with Crippen molar-refractivity contribution in [1.82, 2.24) is 0 Å². The van der Waals surface area contributed by atoms with Crippen molar-refractivity contribution in [2.45, 2.75) is 20.8 Å². The minimum Gasteiger partial charge on any atom is -0.295 e. The van der Waals surface area contributed by atoms with Gasteiger partial charge in [-0.15, -0.1) is 0 Å². The van der Waals surface area contributed by atoms with E-state index in [0.717, 1.165) is 5.56 Å².